The highest BCUT2D eigenvalue weighted by atomic mass is 127. The molecule has 6 heteroatoms. The van der Waals surface area contributed by atoms with Gasteiger partial charge in [0.2, 0.25) is 5.91 Å². The molecule has 0 unspecified atom stereocenters. The van der Waals surface area contributed by atoms with Gasteiger partial charge in [-0.25, -0.2) is 0 Å². The van der Waals surface area contributed by atoms with Gasteiger partial charge in [-0.05, 0) is 6.42 Å². The van der Waals surface area contributed by atoms with E-state index in [0.717, 1.165) is 0 Å². The largest absolute Gasteiger partial charge is 0.392 e. The predicted octanol–water partition coefficient (Wildman–Crippen LogP) is 1.65. The second-order valence-corrected chi connectivity index (χ2v) is 2.99. The number of alkyl halides is 3. The van der Waals surface area contributed by atoms with Crippen LogP contribution in [0.15, 0.2) is 0 Å². The van der Waals surface area contributed by atoms with Crippen LogP contribution in [0.3, 0.4) is 0 Å². The fraction of sp³-hybridized carbons (Fsp3) is 0.800. The molecule has 0 bridgehead atoms. The Bertz CT molecular complexity index is 181. The Labute approximate surface area is 75.0 Å². The van der Waals surface area contributed by atoms with Gasteiger partial charge in [-0.3, -0.25) is 8.32 Å². The number of hydrogen-bond acceptors (Lipinski definition) is 1. The van der Waals surface area contributed by atoms with E-state index in [1.807, 2.05) is 0 Å². The normalized spacial score (nSPS) is 29.8. The zero-order chi connectivity index (χ0) is 8.65. The Morgan fingerprint density at radius 1 is 1.55 bits per heavy atom. The third-order valence-corrected chi connectivity index (χ3v) is 2.17. The number of nitrogens with one attached hydrogen (secondary N) is 1. The van der Waals surface area contributed by atoms with Crippen molar-refractivity contribution in [3.63, 3.8) is 0 Å². The van der Waals surface area contributed by atoms with Gasteiger partial charge in [0.1, 0.15) is 0 Å². The van der Waals surface area contributed by atoms with E-state index >= 15 is 0 Å². The first-order chi connectivity index (χ1) is 4.96. The molecular weight excluding hydrogens is 274 g/mol. The monoisotopic (exact) mass is 279 g/mol. The van der Waals surface area contributed by atoms with Crippen LogP contribution in [-0.4, -0.2) is 12.1 Å². The molecule has 0 heterocycles. The smallest absolute Gasteiger partial charge is 0.299 e. The Hall–Kier alpha value is -0.0100. The first kappa shape index (κ1) is 9.08. The number of hydrogen-bond donors (Lipinski definition) is 1. The standard InChI is InChI=1S/C5H5F3INO/c6-5(7,8)3-1-2(3)4(11)10-9/h2-3H,1H2,(H,10,11)/t2-,3-/m0/s1. The van der Waals surface area contributed by atoms with Crippen molar-refractivity contribution in [2.24, 2.45) is 11.8 Å². The summed E-state index contributed by atoms with van der Waals surface area (Å²) in [5, 5.41) is 0. The van der Waals surface area contributed by atoms with Crippen LogP contribution in [0.1, 0.15) is 6.42 Å². The summed E-state index contributed by atoms with van der Waals surface area (Å²) in [7, 11) is 0. The summed E-state index contributed by atoms with van der Waals surface area (Å²) in [5.41, 5.74) is 0. The van der Waals surface area contributed by atoms with Crippen molar-refractivity contribution in [3.8, 4) is 0 Å². The van der Waals surface area contributed by atoms with Crippen LogP contribution in [0, 0.1) is 11.8 Å². The summed E-state index contributed by atoms with van der Waals surface area (Å²) in [4.78, 5) is 10.6. The lowest BCUT2D eigenvalue weighted by molar-refractivity contribution is -0.154. The van der Waals surface area contributed by atoms with Gasteiger partial charge in [0.25, 0.3) is 0 Å². The fourth-order valence-corrected chi connectivity index (χ4v) is 1.32. The average molecular weight is 279 g/mol. The number of carbonyl (C=O) groups is 1. The molecule has 2 atom stereocenters. The van der Waals surface area contributed by atoms with Crippen LogP contribution in [0.25, 0.3) is 0 Å². The maximum atomic E-state index is 11.8. The molecule has 0 saturated heterocycles. The van der Waals surface area contributed by atoms with E-state index in [1.165, 1.54) is 22.9 Å². The maximum Gasteiger partial charge on any atom is 0.392 e. The number of carbonyl (C=O) groups excluding carboxylic acids is 1. The Balaban J connectivity index is 2.44. The summed E-state index contributed by atoms with van der Waals surface area (Å²) in [6, 6.07) is 0. The minimum absolute atomic E-state index is 0.0572. The third-order valence-electron chi connectivity index (χ3n) is 1.64. The van der Waals surface area contributed by atoms with Crippen LogP contribution < -0.4 is 3.53 Å². The third kappa shape index (κ3) is 1.97. The summed E-state index contributed by atoms with van der Waals surface area (Å²) in [6.07, 6.45) is -4.26. The lowest BCUT2D eigenvalue weighted by atomic mass is 10.3. The molecule has 1 rings (SSSR count). The molecule has 1 fully saturated rings. The molecule has 1 amide bonds. The zero-order valence-corrected chi connectivity index (χ0v) is 7.44. The van der Waals surface area contributed by atoms with Crippen molar-refractivity contribution in [3.05, 3.63) is 0 Å². The molecule has 1 aliphatic carbocycles. The van der Waals surface area contributed by atoms with Crippen molar-refractivity contribution in [1.29, 1.82) is 0 Å². The fourth-order valence-electron chi connectivity index (χ4n) is 0.917. The van der Waals surface area contributed by atoms with E-state index < -0.39 is 23.9 Å². The first-order valence-corrected chi connectivity index (χ1v) is 4.02. The van der Waals surface area contributed by atoms with E-state index in [2.05, 4.69) is 3.53 Å². The second-order valence-electron chi connectivity index (χ2n) is 2.45. The molecule has 2 nitrogen and oxygen atoms in total. The van der Waals surface area contributed by atoms with Crippen molar-refractivity contribution >= 4 is 28.8 Å². The quantitative estimate of drug-likeness (QED) is 0.574. The Kier molecular flexibility index (Phi) is 2.31. The van der Waals surface area contributed by atoms with Gasteiger partial charge < -0.3 is 0 Å². The molecule has 1 N–H and O–H groups in total. The molecule has 64 valence electrons. The van der Waals surface area contributed by atoms with Gasteiger partial charge in [-0.1, -0.05) is 0 Å². The lowest BCUT2D eigenvalue weighted by Crippen LogP contribution is -2.20. The van der Waals surface area contributed by atoms with Gasteiger partial charge in [0, 0.05) is 0 Å². The summed E-state index contributed by atoms with van der Waals surface area (Å²) in [6.45, 7) is 0. The van der Waals surface area contributed by atoms with Crippen molar-refractivity contribution < 1.29 is 18.0 Å². The van der Waals surface area contributed by atoms with Gasteiger partial charge in [0.05, 0.1) is 34.7 Å². The zero-order valence-electron chi connectivity index (χ0n) is 5.28. The molecule has 0 radical (unpaired) electrons. The molecule has 1 aliphatic rings. The predicted molar refractivity (Wildman–Crippen MR) is 39.8 cm³/mol. The lowest BCUT2D eigenvalue weighted by Gasteiger charge is -2.02. The van der Waals surface area contributed by atoms with Crippen molar-refractivity contribution in [2.75, 3.05) is 0 Å². The van der Waals surface area contributed by atoms with Crippen LogP contribution in [0.2, 0.25) is 0 Å². The van der Waals surface area contributed by atoms with Gasteiger partial charge >= 0.3 is 6.18 Å². The van der Waals surface area contributed by atoms with Gasteiger partial charge in [-0.2, -0.15) is 13.2 Å². The van der Waals surface area contributed by atoms with E-state index in [4.69, 9.17) is 0 Å². The summed E-state index contributed by atoms with van der Waals surface area (Å²) >= 11 is 1.54. The molecule has 0 spiro atoms. The minimum atomic E-state index is -4.20. The summed E-state index contributed by atoms with van der Waals surface area (Å²) in [5.74, 6) is -2.77. The van der Waals surface area contributed by atoms with E-state index in [0.29, 0.717) is 0 Å². The van der Waals surface area contributed by atoms with Gasteiger partial charge in [-0.15, -0.1) is 0 Å². The van der Waals surface area contributed by atoms with Crippen molar-refractivity contribution in [2.45, 2.75) is 12.6 Å². The van der Waals surface area contributed by atoms with Crippen LogP contribution >= 0.6 is 22.9 Å². The maximum absolute atomic E-state index is 11.8. The van der Waals surface area contributed by atoms with Crippen LogP contribution in [-0.2, 0) is 4.79 Å². The Morgan fingerprint density at radius 3 is 2.36 bits per heavy atom. The molecule has 11 heavy (non-hydrogen) atoms. The van der Waals surface area contributed by atoms with E-state index in [-0.39, 0.29) is 6.42 Å². The van der Waals surface area contributed by atoms with Crippen LogP contribution in [0.5, 0.6) is 0 Å². The highest BCUT2D eigenvalue weighted by molar-refractivity contribution is 14.1. The SMILES string of the molecule is O=C(NI)[C@H]1C[C@@H]1C(F)(F)F. The number of amides is 1. The molecule has 0 aliphatic heterocycles. The molecule has 1 saturated carbocycles. The average Bonchev–Trinajstić information content (AvgIpc) is 2.62. The minimum Gasteiger partial charge on any atom is -0.299 e. The molecule has 0 aromatic carbocycles. The highest BCUT2D eigenvalue weighted by Crippen LogP contribution is 2.50. The topological polar surface area (TPSA) is 29.1 Å². The van der Waals surface area contributed by atoms with E-state index in [9.17, 15) is 18.0 Å². The highest BCUT2D eigenvalue weighted by Gasteiger charge is 2.58. The van der Waals surface area contributed by atoms with Gasteiger partial charge in [0.15, 0.2) is 0 Å². The second kappa shape index (κ2) is 2.80. The number of halogens is 4. The molecule has 0 aromatic heterocycles. The summed E-state index contributed by atoms with van der Waals surface area (Å²) < 4.78 is 37.6. The van der Waals surface area contributed by atoms with E-state index in [1.54, 1.807) is 0 Å². The first-order valence-electron chi connectivity index (χ1n) is 2.94. The molecular formula is C5H5F3INO. The Morgan fingerprint density at radius 2 is 2.09 bits per heavy atom. The van der Waals surface area contributed by atoms with Crippen LogP contribution in [0.4, 0.5) is 13.2 Å². The molecule has 0 aromatic rings. The number of rotatable bonds is 1. The van der Waals surface area contributed by atoms with Crippen molar-refractivity contribution in [1.82, 2.24) is 3.53 Å².